The minimum absolute atomic E-state index is 0.0483. The Balaban J connectivity index is 3.07. The van der Waals surface area contributed by atoms with E-state index in [1.165, 1.54) is 13.1 Å². The van der Waals surface area contributed by atoms with Gasteiger partial charge >= 0.3 is 5.97 Å². The molecule has 0 unspecified atom stereocenters. The van der Waals surface area contributed by atoms with Crippen LogP contribution in [0.5, 0.6) is 0 Å². The van der Waals surface area contributed by atoms with Crippen molar-refractivity contribution >= 4 is 44.9 Å². The number of carbonyl (C=O) groups is 2. The first-order valence-corrected chi connectivity index (χ1v) is 8.26. The van der Waals surface area contributed by atoms with Crippen LogP contribution in [0.15, 0.2) is 17.0 Å². The fourth-order valence-electron chi connectivity index (χ4n) is 1.63. The molecule has 0 atom stereocenters. The van der Waals surface area contributed by atoms with Gasteiger partial charge in [0.2, 0.25) is 5.91 Å². The van der Waals surface area contributed by atoms with Gasteiger partial charge in [0, 0.05) is 13.5 Å². The molecule has 1 rings (SSSR count). The maximum absolute atomic E-state index is 12.2. The quantitative estimate of drug-likeness (QED) is 0.814. The lowest BCUT2D eigenvalue weighted by atomic mass is 10.2. The summed E-state index contributed by atoms with van der Waals surface area (Å²) in [7, 11) is -2.35. The molecule has 1 amide bonds. The summed E-state index contributed by atoms with van der Waals surface area (Å²) in [5, 5.41) is 10.8. The van der Waals surface area contributed by atoms with Crippen LogP contribution < -0.4 is 5.32 Å². The third kappa shape index (κ3) is 4.33. The number of hydrogen-bond acceptors (Lipinski definition) is 4. The lowest BCUT2D eigenvalue weighted by Crippen LogP contribution is -2.19. The largest absolute Gasteiger partial charge is 0.478 e. The number of rotatable bonds is 6. The van der Waals surface area contributed by atoms with Crippen LogP contribution in [0.3, 0.4) is 0 Å². The molecule has 116 valence electrons. The Labute approximate surface area is 132 Å². The molecule has 21 heavy (non-hydrogen) atoms. The van der Waals surface area contributed by atoms with E-state index in [1.807, 2.05) is 0 Å². The number of amides is 1. The first kappa shape index (κ1) is 17.7. The number of aromatic carboxylic acids is 1. The van der Waals surface area contributed by atoms with Gasteiger partial charge in [-0.15, -0.1) is 0 Å². The van der Waals surface area contributed by atoms with Crippen LogP contribution in [0.2, 0.25) is 10.0 Å². The predicted molar refractivity (Wildman–Crippen MR) is 78.8 cm³/mol. The van der Waals surface area contributed by atoms with Crippen molar-refractivity contribution in [1.29, 1.82) is 0 Å². The SMILES string of the molecule is CNC(=O)CCCS(=O)(=O)c1ccc(Cl)c(C(=O)O)c1Cl. The van der Waals surface area contributed by atoms with Crippen molar-refractivity contribution < 1.29 is 23.1 Å². The molecule has 0 aliphatic rings. The first-order chi connectivity index (χ1) is 9.70. The molecule has 0 spiro atoms. The van der Waals surface area contributed by atoms with E-state index in [-0.39, 0.29) is 34.4 Å². The lowest BCUT2D eigenvalue weighted by molar-refractivity contribution is -0.120. The number of carbonyl (C=O) groups excluding carboxylic acids is 1. The molecule has 1 aromatic rings. The van der Waals surface area contributed by atoms with E-state index in [0.717, 1.165) is 6.07 Å². The number of benzene rings is 1. The van der Waals surface area contributed by atoms with E-state index in [2.05, 4.69) is 5.32 Å². The number of carboxylic acid groups (broad SMARTS) is 1. The van der Waals surface area contributed by atoms with Crippen LogP contribution in [0, 0.1) is 0 Å². The predicted octanol–water partition coefficient (Wildman–Crippen LogP) is 1.99. The molecule has 9 heteroatoms. The second-order valence-corrected chi connectivity index (χ2v) is 7.00. The highest BCUT2D eigenvalue weighted by Crippen LogP contribution is 2.31. The van der Waals surface area contributed by atoms with Gasteiger partial charge in [0.25, 0.3) is 0 Å². The van der Waals surface area contributed by atoms with E-state index in [0.29, 0.717) is 0 Å². The van der Waals surface area contributed by atoms with Gasteiger partial charge in [-0.1, -0.05) is 23.2 Å². The normalized spacial score (nSPS) is 11.2. The molecule has 6 nitrogen and oxygen atoms in total. The Morgan fingerprint density at radius 3 is 2.43 bits per heavy atom. The minimum atomic E-state index is -3.80. The summed E-state index contributed by atoms with van der Waals surface area (Å²) >= 11 is 11.5. The molecule has 1 aromatic carbocycles. The van der Waals surface area contributed by atoms with Crippen molar-refractivity contribution in [3.63, 3.8) is 0 Å². The molecule has 0 aliphatic heterocycles. The fraction of sp³-hybridized carbons (Fsp3) is 0.333. The van der Waals surface area contributed by atoms with Crippen molar-refractivity contribution in [3.05, 3.63) is 27.7 Å². The van der Waals surface area contributed by atoms with Crippen molar-refractivity contribution in [2.75, 3.05) is 12.8 Å². The van der Waals surface area contributed by atoms with Crippen LogP contribution in [-0.4, -0.2) is 38.2 Å². The molecule has 2 N–H and O–H groups in total. The molecular formula is C12H13Cl2NO5S. The zero-order chi connectivity index (χ0) is 16.2. The summed E-state index contributed by atoms with van der Waals surface area (Å²) in [5.41, 5.74) is -0.453. The van der Waals surface area contributed by atoms with Gasteiger partial charge < -0.3 is 10.4 Å². The van der Waals surface area contributed by atoms with Crippen molar-refractivity contribution in [1.82, 2.24) is 5.32 Å². The molecule has 0 saturated carbocycles. The van der Waals surface area contributed by atoms with Gasteiger partial charge in [0.1, 0.15) is 0 Å². The highest BCUT2D eigenvalue weighted by Gasteiger charge is 2.24. The fourth-order valence-corrected chi connectivity index (χ4v) is 3.91. The average Bonchev–Trinajstić information content (AvgIpc) is 2.37. The first-order valence-electron chi connectivity index (χ1n) is 5.85. The van der Waals surface area contributed by atoms with E-state index in [4.69, 9.17) is 28.3 Å². The Morgan fingerprint density at radius 1 is 1.29 bits per heavy atom. The molecule has 0 aromatic heterocycles. The third-order valence-electron chi connectivity index (χ3n) is 2.70. The molecule has 0 radical (unpaired) electrons. The van der Waals surface area contributed by atoms with Crippen molar-refractivity contribution in [2.45, 2.75) is 17.7 Å². The van der Waals surface area contributed by atoms with Crippen molar-refractivity contribution in [2.24, 2.45) is 0 Å². The highest BCUT2D eigenvalue weighted by atomic mass is 35.5. The maximum atomic E-state index is 12.2. The lowest BCUT2D eigenvalue weighted by Gasteiger charge is -2.09. The van der Waals surface area contributed by atoms with E-state index >= 15 is 0 Å². The monoisotopic (exact) mass is 353 g/mol. The summed E-state index contributed by atoms with van der Waals surface area (Å²) in [6.45, 7) is 0. The second-order valence-electron chi connectivity index (χ2n) is 4.14. The highest BCUT2D eigenvalue weighted by molar-refractivity contribution is 7.91. The summed E-state index contributed by atoms with van der Waals surface area (Å²) in [6, 6.07) is 2.33. The van der Waals surface area contributed by atoms with Crippen LogP contribution in [0.4, 0.5) is 0 Å². The molecule has 0 fully saturated rings. The molecule has 0 aliphatic carbocycles. The number of hydrogen-bond donors (Lipinski definition) is 2. The van der Waals surface area contributed by atoms with Gasteiger partial charge in [-0.25, -0.2) is 13.2 Å². The zero-order valence-corrected chi connectivity index (χ0v) is 13.3. The molecular weight excluding hydrogens is 341 g/mol. The van der Waals surface area contributed by atoms with Gasteiger partial charge in [0.15, 0.2) is 9.84 Å². The molecule has 0 saturated heterocycles. The summed E-state index contributed by atoms with van der Waals surface area (Å²) < 4.78 is 24.3. The Morgan fingerprint density at radius 2 is 1.90 bits per heavy atom. The number of sulfone groups is 1. The summed E-state index contributed by atoms with van der Waals surface area (Å²) in [6.07, 6.45) is 0.149. The van der Waals surface area contributed by atoms with Gasteiger partial charge in [-0.3, -0.25) is 4.79 Å². The maximum Gasteiger partial charge on any atom is 0.338 e. The van der Waals surface area contributed by atoms with Crippen LogP contribution in [-0.2, 0) is 14.6 Å². The molecule has 0 bridgehead atoms. The second kappa shape index (κ2) is 7.11. The summed E-state index contributed by atoms with van der Waals surface area (Å²) in [4.78, 5) is 21.8. The van der Waals surface area contributed by atoms with Crippen LogP contribution in [0.25, 0.3) is 0 Å². The Bertz CT molecular complexity index is 672. The number of halogens is 2. The summed E-state index contributed by atoms with van der Waals surface area (Å²) in [5.74, 6) is -2.01. The van der Waals surface area contributed by atoms with Gasteiger partial charge in [-0.2, -0.15) is 0 Å². The van der Waals surface area contributed by atoms with Gasteiger partial charge in [0.05, 0.1) is 26.3 Å². The minimum Gasteiger partial charge on any atom is -0.478 e. The number of nitrogens with one attached hydrogen (secondary N) is 1. The van der Waals surface area contributed by atoms with Crippen molar-refractivity contribution in [3.8, 4) is 0 Å². The molecule has 0 heterocycles. The van der Waals surface area contributed by atoms with E-state index in [9.17, 15) is 18.0 Å². The van der Waals surface area contributed by atoms with E-state index < -0.39 is 26.4 Å². The van der Waals surface area contributed by atoms with Gasteiger partial charge in [-0.05, 0) is 18.6 Å². The Hall–Kier alpha value is -1.31. The van der Waals surface area contributed by atoms with Crippen LogP contribution >= 0.6 is 23.2 Å². The smallest absolute Gasteiger partial charge is 0.338 e. The third-order valence-corrected chi connectivity index (χ3v) is 5.36. The number of carboxylic acids is 1. The Kier molecular flexibility index (Phi) is 6.00. The topological polar surface area (TPSA) is 101 Å². The standard InChI is InChI=1S/C12H13Cl2NO5S/c1-15-9(16)3-2-6-21(19,20)8-5-4-7(13)10(11(8)14)12(17)18/h4-5H,2-3,6H2,1H3,(H,15,16)(H,17,18). The van der Waals surface area contributed by atoms with Crippen LogP contribution in [0.1, 0.15) is 23.2 Å². The average molecular weight is 354 g/mol. The zero-order valence-electron chi connectivity index (χ0n) is 11.0. The van der Waals surface area contributed by atoms with E-state index in [1.54, 1.807) is 0 Å².